The second-order valence-electron chi connectivity index (χ2n) is 2.77. The third-order valence-corrected chi connectivity index (χ3v) is 3.09. The summed E-state index contributed by atoms with van der Waals surface area (Å²) in [6, 6.07) is 4.06. The van der Waals surface area contributed by atoms with Gasteiger partial charge in [-0.3, -0.25) is 0 Å². The van der Waals surface area contributed by atoms with Gasteiger partial charge in [-0.15, -0.1) is 11.3 Å². The average Bonchev–Trinajstić information content (AvgIpc) is 2.47. The quantitative estimate of drug-likeness (QED) is 0.653. The van der Waals surface area contributed by atoms with Crippen LogP contribution in [0.3, 0.4) is 0 Å². The Kier molecular flexibility index (Phi) is 3.74. The molecule has 0 aliphatic heterocycles. The van der Waals surface area contributed by atoms with Gasteiger partial charge in [-0.25, -0.2) is 4.99 Å². The smallest absolute Gasteiger partial charge is 0.191 e. The van der Waals surface area contributed by atoms with Crippen LogP contribution in [0.15, 0.2) is 20.9 Å². The molecule has 2 N–H and O–H groups in total. The van der Waals surface area contributed by atoms with Crippen LogP contribution in [0.5, 0.6) is 0 Å². The van der Waals surface area contributed by atoms with Crippen LogP contribution in [-0.2, 0) is 6.54 Å². The Morgan fingerprint density at radius 1 is 1.62 bits per heavy atom. The summed E-state index contributed by atoms with van der Waals surface area (Å²) in [5, 5.41) is 0. The summed E-state index contributed by atoms with van der Waals surface area (Å²) in [5.74, 6) is 0.560. The van der Waals surface area contributed by atoms with Gasteiger partial charge in [0.2, 0.25) is 0 Å². The molecule has 1 aromatic heterocycles. The highest BCUT2D eigenvalue weighted by Crippen LogP contribution is 2.22. The van der Waals surface area contributed by atoms with E-state index in [2.05, 4.69) is 20.9 Å². The van der Waals surface area contributed by atoms with E-state index in [1.165, 1.54) is 4.88 Å². The fourth-order valence-corrected chi connectivity index (χ4v) is 2.14. The molecule has 0 saturated heterocycles. The minimum atomic E-state index is 0.560. The Labute approximate surface area is 90.4 Å². The number of halogens is 1. The van der Waals surface area contributed by atoms with E-state index in [0.29, 0.717) is 12.5 Å². The molecule has 0 unspecified atom stereocenters. The van der Waals surface area contributed by atoms with Crippen molar-refractivity contribution in [3.05, 3.63) is 20.8 Å². The Bertz CT molecular complexity index is 306. The van der Waals surface area contributed by atoms with Crippen molar-refractivity contribution in [1.29, 1.82) is 0 Å². The van der Waals surface area contributed by atoms with E-state index in [4.69, 9.17) is 5.73 Å². The van der Waals surface area contributed by atoms with Crippen LogP contribution in [0.25, 0.3) is 0 Å². The summed E-state index contributed by atoms with van der Waals surface area (Å²) in [6.07, 6.45) is 0. The van der Waals surface area contributed by atoms with E-state index in [1.54, 1.807) is 16.2 Å². The number of guanidine groups is 1. The molecule has 0 bridgehead atoms. The van der Waals surface area contributed by atoms with Gasteiger partial charge in [0.15, 0.2) is 5.96 Å². The van der Waals surface area contributed by atoms with Crippen molar-refractivity contribution in [3.63, 3.8) is 0 Å². The van der Waals surface area contributed by atoms with Gasteiger partial charge in [0.1, 0.15) is 0 Å². The minimum Gasteiger partial charge on any atom is -0.370 e. The number of rotatable bonds is 2. The third kappa shape index (κ3) is 3.36. The van der Waals surface area contributed by atoms with Crippen molar-refractivity contribution in [3.8, 4) is 0 Å². The lowest BCUT2D eigenvalue weighted by Crippen LogP contribution is -2.30. The third-order valence-electron chi connectivity index (χ3n) is 1.48. The maximum Gasteiger partial charge on any atom is 0.191 e. The van der Waals surface area contributed by atoms with E-state index < -0.39 is 0 Å². The maximum absolute atomic E-state index is 5.64. The molecule has 13 heavy (non-hydrogen) atoms. The van der Waals surface area contributed by atoms with Gasteiger partial charge in [0, 0.05) is 19.0 Å². The van der Waals surface area contributed by atoms with Crippen molar-refractivity contribution in [2.24, 2.45) is 10.7 Å². The maximum atomic E-state index is 5.64. The summed E-state index contributed by atoms with van der Waals surface area (Å²) in [7, 11) is 3.76. The molecule has 0 aliphatic rings. The number of hydrogen-bond acceptors (Lipinski definition) is 2. The van der Waals surface area contributed by atoms with Crippen molar-refractivity contribution >= 4 is 33.2 Å². The number of thiophene rings is 1. The number of aliphatic imine (C=N–C) groups is 1. The van der Waals surface area contributed by atoms with E-state index in [9.17, 15) is 0 Å². The molecular formula is C8H12BrN3S. The average molecular weight is 262 g/mol. The van der Waals surface area contributed by atoms with Crippen molar-refractivity contribution in [2.45, 2.75) is 6.54 Å². The molecule has 0 spiro atoms. The van der Waals surface area contributed by atoms with Crippen LogP contribution in [0, 0.1) is 0 Å². The first-order valence-electron chi connectivity index (χ1n) is 3.81. The molecule has 0 fully saturated rings. The van der Waals surface area contributed by atoms with Crippen molar-refractivity contribution in [1.82, 2.24) is 4.90 Å². The number of nitrogens with two attached hydrogens (primary N) is 1. The number of hydrogen-bond donors (Lipinski definition) is 1. The van der Waals surface area contributed by atoms with E-state index in [-0.39, 0.29) is 0 Å². The topological polar surface area (TPSA) is 41.6 Å². The van der Waals surface area contributed by atoms with E-state index >= 15 is 0 Å². The molecule has 3 nitrogen and oxygen atoms in total. The predicted molar refractivity (Wildman–Crippen MR) is 61.0 cm³/mol. The summed E-state index contributed by atoms with van der Waals surface area (Å²) < 4.78 is 1.13. The normalized spacial score (nSPS) is 11.8. The second-order valence-corrected chi connectivity index (χ2v) is 5.32. The standard InChI is InChI=1S/C8H12BrN3S/c1-12(2)8(10)11-5-6-3-4-7(9)13-6/h3-4H,5H2,1-2H3,(H2,10,11). The van der Waals surface area contributed by atoms with Gasteiger partial charge >= 0.3 is 0 Å². The Balaban J connectivity index is 2.56. The van der Waals surface area contributed by atoms with E-state index in [0.717, 1.165) is 3.79 Å². The van der Waals surface area contributed by atoms with Crippen LogP contribution in [-0.4, -0.2) is 25.0 Å². The fraction of sp³-hybridized carbons (Fsp3) is 0.375. The van der Waals surface area contributed by atoms with Gasteiger partial charge < -0.3 is 10.6 Å². The summed E-state index contributed by atoms with van der Waals surface area (Å²) in [6.45, 7) is 0.653. The first kappa shape index (κ1) is 10.5. The minimum absolute atomic E-state index is 0.560. The molecule has 1 rings (SSSR count). The van der Waals surface area contributed by atoms with Gasteiger partial charge in [-0.1, -0.05) is 0 Å². The second kappa shape index (κ2) is 4.62. The molecule has 0 radical (unpaired) electrons. The lowest BCUT2D eigenvalue weighted by Gasteiger charge is -2.09. The SMILES string of the molecule is CN(C)C(N)=NCc1ccc(Br)s1. The van der Waals surface area contributed by atoms with E-state index in [1.807, 2.05) is 26.2 Å². The summed E-state index contributed by atoms with van der Waals surface area (Å²) in [5.41, 5.74) is 5.64. The van der Waals surface area contributed by atoms with Crippen LogP contribution in [0.2, 0.25) is 0 Å². The Morgan fingerprint density at radius 2 is 2.31 bits per heavy atom. The first-order chi connectivity index (χ1) is 6.09. The summed E-state index contributed by atoms with van der Waals surface area (Å²) >= 11 is 5.07. The number of nitrogens with zero attached hydrogens (tertiary/aromatic N) is 2. The van der Waals surface area contributed by atoms with Crippen LogP contribution < -0.4 is 5.73 Å². The molecular weight excluding hydrogens is 250 g/mol. The Hall–Kier alpha value is -0.550. The monoisotopic (exact) mass is 261 g/mol. The molecule has 0 atom stereocenters. The molecule has 1 aromatic rings. The zero-order chi connectivity index (χ0) is 9.84. The molecule has 5 heteroatoms. The lowest BCUT2D eigenvalue weighted by atomic mass is 10.5. The molecule has 1 heterocycles. The Morgan fingerprint density at radius 3 is 2.77 bits per heavy atom. The van der Waals surface area contributed by atoms with Gasteiger partial charge in [-0.2, -0.15) is 0 Å². The van der Waals surface area contributed by atoms with Crippen LogP contribution >= 0.6 is 27.3 Å². The van der Waals surface area contributed by atoms with Gasteiger partial charge in [0.05, 0.1) is 10.3 Å². The van der Waals surface area contributed by atoms with Gasteiger partial charge in [-0.05, 0) is 28.1 Å². The highest BCUT2D eigenvalue weighted by molar-refractivity contribution is 9.11. The van der Waals surface area contributed by atoms with Crippen LogP contribution in [0.1, 0.15) is 4.88 Å². The molecule has 0 amide bonds. The zero-order valence-corrected chi connectivity index (χ0v) is 10.0. The predicted octanol–water partition coefficient (Wildman–Crippen LogP) is 1.89. The molecule has 0 aliphatic carbocycles. The largest absolute Gasteiger partial charge is 0.370 e. The van der Waals surface area contributed by atoms with Gasteiger partial charge in [0.25, 0.3) is 0 Å². The summed E-state index contributed by atoms with van der Waals surface area (Å²) in [4.78, 5) is 7.22. The van der Waals surface area contributed by atoms with Crippen molar-refractivity contribution in [2.75, 3.05) is 14.1 Å². The molecule has 72 valence electrons. The highest BCUT2D eigenvalue weighted by atomic mass is 79.9. The molecule has 0 saturated carbocycles. The molecule has 0 aromatic carbocycles. The van der Waals surface area contributed by atoms with Crippen LogP contribution in [0.4, 0.5) is 0 Å². The van der Waals surface area contributed by atoms with Crippen molar-refractivity contribution < 1.29 is 0 Å². The highest BCUT2D eigenvalue weighted by Gasteiger charge is 1.97. The zero-order valence-electron chi connectivity index (χ0n) is 7.62. The first-order valence-corrected chi connectivity index (χ1v) is 5.42. The lowest BCUT2D eigenvalue weighted by molar-refractivity contribution is 0.609. The fourth-order valence-electron chi connectivity index (χ4n) is 0.737.